The van der Waals surface area contributed by atoms with E-state index < -0.39 is 10.7 Å². The van der Waals surface area contributed by atoms with Crippen LogP contribution in [0.1, 0.15) is 11.6 Å². The first-order valence-electron chi connectivity index (χ1n) is 6.06. The molecular formula is C14H14FN3O2. The largest absolute Gasteiger partial charge is 0.378 e. The van der Waals surface area contributed by atoms with Crippen LogP contribution in [0.2, 0.25) is 0 Å². The Morgan fingerprint density at radius 2 is 1.95 bits per heavy atom. The molecule has 6 heteroatoms. The molecule has 0 aliphatic heterocycles. The summed E-state index contributed by atoms with van der Waals surface area (Å²) in [5.41, 5.74) is 6.87. The van der Waals surface area contributed by atoms with Gasteiger partial charge in [-0.1, -0.05) is 30.3 Å². The van der Waals surface area contributed by atoms with Crippen molar-refractivity contribution in [3.8, 4) is 0 Å². The molecule has 0 radical (unpaired) electrons. The molecule has 3 N–H and O–H groups in total. The van der Waals surface area contributed by atoms with Gasteiger partial charge < -0.3 is 11.1 Å². The quantitative estimate of drug-likeness (QED) is 0.649. The number of hydrogen-bond acceptors (Lipinski definition) is 4. The maximum absolute atomic E-state index is 13.0. The summed E-state index contributed by atoms with van der Waals surface area (Å²) in [6.07, 6.45) is 0. The molecule has 5 nitrogen and oxygen atoms in total. The highest BCUT2D eigenvalue weighted by atomic mass is 19.1. The molecule has 0 spiro atoms. The van der Waals surface area contributed by atoms with Crippen LogP contribution in [-0.4, -0.2) is 11.5 Å². The normalized spacial score (nSPS) is 11.9. The number of rotatable bonds is 5. The first-order chi connectivity index (χ1) is 9.58. The first-order valence-corrected chi connectivity index (χ1v) is 6.06. The second kappa shape index (κ2) is 6.12. The van der Waals surface area contributed by atoms with Crippen LogP contribution in [0.5, 0.6) is 0 Å². The van der Waals surface area contributed by atoms with Crippen LogP contribution in [0.25, 0.3) is 0 Å². The van der Waals surface area contributed by atoms with Crippen LogP contribution < -0.4 is 11.1 Å². The molecule has 0 heterocycles. The summed E-state index contributed by atoms with van der Waals surface area (Å²) in [7, 11) is 0. The molecular weight excluding hydrogens is 261 g/mol. The van der Waals surface area contributed by atoms with Crippen molar-refractivity contribution in [3.05, 3.63) is 70.0 Å². The number of anilines is 1. The Morgan fingerprint density at radius 1 is 1.25 bits per heavy atom. The lowest BCUT2D eigenvalue weighted by Gasteiger charge is -2.14. The third kappa shape index (κ3) is 3.30. The Morgan fingerprint density at radius 3 is 2.60 bits per heavy atom. The molecule has 1 unspecified atom stereocenters. The van der Waals surface area contributed by atoms with E-state index in [-0.39, 0.29) is 17.4 Å². The number of nitro groups is 1. The molecule has 0 aromatic heterocycles. The van der Waals surface area contributed by atoms with Crippen LogP contribution in [-0.2, 0) is 0 Å². The van der Waals surface area contributed by atoms with Gasteiger partial charge in [-0.25, -0.2) is 4.39 Å². The Kier molecular flexibility index (Phi) is 4.27. The molecule has 0 amide bonds. The van der Waals surface area contributed by atoms with E-state index >= 15 is 0 Å². The molecule has 0 saturated heterocycles. The van der Waals surface area contributed by atoms with Crippen molar-refractivity contribution >= 4 is 11.4 Å². The molecule has 2 aromatic carbocycles. The van der Waals surface area contributed by atoms with Gasteiger partial charge in [0.1, 0.15) is 11.5 Å². The van der Waals surface area contributed by atoms with Crippen molar-refractivity contribution in [2.45, 2.75) is 6.04 Å². The van der Waals surface area contributed by atoms with Gasteiger partial charge in [-0.05, 0) is 17.7 Å². The molecule has 1 atom stereocenters. The maximum atomic E-state index is 13.0. The monoisotopic (exact) mass is 275 g/mol. The van der Waals surface area contributed by atoms with Crippen molar-refractivity contribution in [3.63, 3.8) is 0 Å². The molecule has 0 fully saturated rings. The second-order valence-corrected chi connectivity index (χ2v) is 4.32. The zero-order chi connectivity index (χ0) is 14.5. The molecule has 0 saturated carbocycles. The third-order valence-corrected chi connectivity index (χ3v) is 2.90. The van der Waals surface area contributed by atoms with E-state index in [9.17, 15) is 14.5 Å². The smallest absolute Gasteiger partial charge is 0.295 e. The highest BCUT2D eigenvalue weighted by molar-refractivity contribution is 5.61. The zero-order valence-corrected chi connectivity index (χ0v) is 10.6. The topological polar surface area (TPSA) is 81.2 Å². The van der Waals surface area contributed by atoms with Crippen molar-refractivity contribution in [1.82, 2.24) is 0 Å². The predicted molar refractivity (Wildman–Crippen MR) is 74.9 cm³/mol. The van der Waals surface area contributed by atoms with Gasteiger partial charge in [0.15, 0.2) is 0 Å². The number of nitro benzene ring substituents is 1. The lowest BCUT2D eigenvalue weighted by molar-refractivity contribution is -0.384. The summed E-state index contributed by atoms with van der Waals surface area (Å²) in [6, 6.07) is 12.5. The summed E-state index contributed by atoms with van der Waals surface area (Å²) in [5.74, 6) is -0.644. The van der Waals surface area contributed by atoms with Gasteiger partial charge in [-0.2, -0.15) is 0 Å². The van der Waals surface area contributed by atoms with Gasteiger partial charge in [-0.15, -0.1) is 0 Å². The lowest BCUT2D eigenvalue weighted by atomic mass is 10.1. The number of nitrogens with two attached hydrogens (primary N) is 1. The molecule has 0 bridgehead atoms. The predicted octanol–water partition coefficient (Wildman–Crippen LogP) is 2.85. The highest BCUT2D eigenvalue weighted by Gasteiger charge is 2.15. The van der Waals surface area contributed by atoms with E-state index in [2.05, 4.69) is 5.32 Å². The molecule has 104 valence electrons. The lowest BCUT2D eigenvalue weighted by Crippen LogP contribution is -2.20. The summed E-state index contributed by atoms with van der Waals surface area (Å²) in [5, 5.41) is 13.7. The minimum atomic E-state index is -0.644. The fourth-order valence-electron chi connectivity index (χ4n) is 1.84. The first kappa shape index (κ1) is 14.0. The maximum Gasteiger partial charge on any atom is 0.295 e. The Labute approximate surface area is 115 Å². The van der Waals surface area contributed by atoms with Crippen LogP contribution >= 0.6 is 0 Å². The second-order valence-electron chi connectivity index (χ2n) is 4.32. The van der Waals surface area contributed by atoms with Gasteiger partial charge in [0.2, 0.25) is 0 Å². The van der Waals surface area contributed by atoms with Gasteiger partial charge in [0.05, 0.1) is 11.0 Å². The van der Waals surface area contributed by atoms with Gasteiger partial charge in [0, 0.05) is 12.6 Å². The highest BCUT2D eigenvalue weighted by Crippen LogP contribution is 2.25. The Bertz CT molecular complexity index is 605. The Balaban J connectivity index is 2.09. The van der Waals surface area contributed by atoms with E-state index in [4.69, 9.17) is 5.73 Å². The molecule has 20 heavy (non-hydrogen) atoms. The minimum Gasteiger partial charge on any atom is -0.378 e. The molecule has 0 aliphatic rings. The number of nitrogens with zero attached hydrogens (tertiary/aromatic N) is 1. The van der Waals surface area contributed by atoms with Crippen molar-refractivity contribution in [2.24, 2.45) is 5.73 Å². The Hall–Kier alpha value is -2.47. The number of hydrogen-bond donors (Lipinski definition) is 2. The SMILES string of the molecule is NC(CNc1ccc(F)cc1[N+](=O)[O-])c1ccccc1. The van der Waals surface area contributed by atoms with Crippen molar-refractivity contribution in [2.75, 3.05) is 11.9 Å². The van der Waals surface area contributed by atoms with E-state index in [1.54, 1.807) is 0 Å². The van der Waals surface area contributed by atoms with Crippen LogP contribution in [0.4, 0.5) is 15.8 Å². The standard InChI is InChI=1S/C14H14FN3O2/c15-11-6-7-13(14(8-11)18(19)20)17-9-12(16)10-4-2-1-3-5-10/h1-8,12,17H,9,16H2. The van der Waals surface area contributed by atoms with E-state index in [1.807, 2.05) is 30.3 Å². The minimum absolute atomic E-state index is 0.253. The molecule has 2 rings (SSSR count). The number of nitrogens with one attached hydrogen (secondary N) is 1. The summed E-state index contributed by atoms with van der Waals surface area (Å²) >= 11 is 0. The van der Waals surface area contributed by atoms with Crippen LogP contribution in [0, 0.1) is 15.9 Å². The van der Waals surface area contributed by atoms with Gasteiger partial charge in [-0.3, -0.25) is 10.1 Å². The van der Waals surface area contributed by atoms with Crippen molar-refractivity contribution in [1.29, 1.82) is 0 Å². The molecule has 2 aromatic rings. The fourth-order valence-corrected chi connectivity index (χ4v) is 1.84. The van der Waals surface area contributed by atoms with Gasteiger partial charge in [0.25, 0.3) is 5.69 Å². The summed E-state index contributed by atoms with van der Waals surface area (Å²) < 4.78 is 13.0. The average molecular weight is 275 g/mol. The fraction of sp³-hybridized carbons (Fsp3) is 0.143. The van der Waals surface area contributed by atoms with Crippen LogP contribution in [0.3, 0.4) is 0 Å². The molecule has 0 aliphatic carbocycles. The van der Waals surface area contributed by atoms with E-state index in [1.165, 1.54) is 12.1 Å². The number of halogens is 1. The number of benzene rings is 2. The van der Waals surface area contributed by atoms with E-state index in [0.717, 1.165) is 11.6 Å². The van der Waals surface area contributed by atoms with E-state index in [0.29, 0.717) is 6.54 Å². The van der Waals surface area contributed by atoms with Gasteiger partial charge >= 0.3 is 0 Å². The zero-order valence-electron chi connectivity index (χ0n) is 10.6. The summed E-state index contributed by atoms with van der Waals surface area (Å²) in [6.45, 7) is 0.316. The third-order valence-electron chi connectivity index (χ3n) is 2.90. The van der Waals surface area contributed by atoms with Crippen LogP contribution in [0.15, 0.2) is 48.5 Å². The van der Waals surface area contributed by atoms with Crippen molar-refractivity contribution < 1.29 is 9.31 Å². The average Bonchev–Trinajstić information content (AvgIpc) is 2.46. The summed E-state index contributed by atoms with van der Waals surface area (Å²) in [4.78, 5) is 10.2.